The molecular weight excluding hydrogens is 660 g/mol. The number of nitrogens with two attached hydrogens (primary N) is 1. The number of aromatic amines is 1. The Morgan fingerprint density at radius 3 is 2.59 bits per heavy atom. The molecule has 1 aromatic carbocycles. The van der Waals surface area contributed by atoms with Crippen LogP contribution in [0.25, 0.3) is 11.2 Å². The maximum atomic E-state index is 13.7. The van der Waals surface area contributed by atoms with Gasteiger partial charge >= 0.3 is 13.9 Å². The number of nitrogens with one attached hydrogen (secondary N) is 2. The number of rotatable bonds is 13. The summed E-state index contributed by atoms with van der Waals surface area (Å²) in [4.78, 5) is 34.8. The molecule has 2 unspecified atom stereocenters. The number of aromatic nitrogens is 4. The van der Waals surface area contributed by atoms with Crippen LogP contribution in [0.5, 0.6) is 0 Å². The van der Waals surface area contributed by atoms with Crippen LogP contribution in [0.4, 0.5) is 19.1 Å². The maximum absolute atomic E-state index is 13.7. The Balaban J connectivity index is 1.48. The van der Waals surface area contributed by atoms with E-state index in [1.165, 1.54) is 23.6 Å². The minimum absolute atomic E-state index is 0.0138. The molecule has 0 aliphatic carbocycles. The lowest BCUT2D eigenvalue weighted by molar-refractivity contribution is -0.137. The lowest BCUT2D eigenvalue weighted by Crippen LogP contribution is -2.44. The largest absolute Gasteiger partial charge is 0.416 e. The summed E-state index contributed by atoms with van der Waals surface area (Å²) in [6.07, 6.45) is -7.68. The number of thioether (sulfide) groups is 1. The highest BCUT2D eigenvalue weighted by Crippen LogP contribution is 2.47. The fraction of sp³-hybridized carbons (Fsp3) is 0.538. The lowest BCUT2D eigenvalue weighted by atomic mass is 9.96. The van der Waals surface area contributed by atoms with E-state index in [9.17, 15) is 42.6 Å². The van der Waals surface area contributed by atoms with Crippen molar-refractivity contribution >= 4 is 41.7 Å². The molecule has 0 bridgehead atoms. The molecule has 254 valence electrons. The van der Waals surface area contributed by atoms with Crippen molar-refractivity contribution in [1.29, 1.82) is 0 Å². The zero-order valence-corrected chi connectivity index (χ0v) is 26.6. The summed E-state index contributed by atoms with van der Waals surface area (Å²) < 4.78 is 70.7. The van der Waals surface area contributed by atoms with Gasteiger partial charge in [-0.05, 0) is 38.5 Å². The van der Waals surface area contributed by atoms with Gasteiger partial charge in [-0.1, -0.05) is 23.9 Å². The summed E-state index contributed by atoms with van der Waals surface area (Å²) in [5.74, 6) is -0.214. The number of aliphatic hydroxyl groups is 3. The number of halogens is 3. The van der Waals surface area contributed by atoms with Crippen molar-refractivity contribution in [3.63, 3.8) is 0 Å². The Morgan fingerprint density at radius 2 is 1.96 bits per heavy atom. The topological polar surface area (TPSA) is 224 Å². The van der Waals surface area contributed by atoms with Gasteiger partial charge in [0.15, 0.2) is 22.5 Å². The van der Waals surface area contributed by atoms with Crippen molar-refractivity contribution < 1.29 is 51.6 Å². The summed E-state index contributed by atoms with van der Waals surface area (Å²) in [5, 5.41) is 33.7. The van der Waals surface area contributed by atoms with Gasteiger partial charge in [-0.2, -0.15) is 18.2 Å². The first-order chi connectivity index (χ1) is 21.4. The number of carbonyl (C=O) groups is 1. The number of benzene rings is 1. The number of aliphatic hydroxyl groups excluding tert-OH is 2. The van der Waals surface area contributed by atoms with Crippen LogP contribution >= 0.6 is 19.5 Å². The van der Waals surface area contributed by atoms with E-state index in [4.69, 9.17) is 19.5 Å². The Morgan fingerprint density at radius 1 is 1.28 bits per heavy atom. The van der Waals surface area contributed by atoms with E-state index >= 15 is 0 Å². The third kappa shape index (κ3) is 7.98. The normalized spacial score (nSPS) is 23.5. The van der Waals surface area contributed by atoms with Gasteiger partial charge in [-0.15, -0.1) is 0 Å². The fourth-order valence-corrected chi connectivity index (χ4v) is 6.58. The number of H-pyrrole nitrogens is 1. The molecule has 0 spiro atoms. The van der Waals surface area contributed by atoms with Gasteiger partial charge in [0.2, 0.25) is 5.95 Å². The standard InChI is InChI=1S/C26H34F3N6O9PS/c1-24(2,12-36)22(39)46-9-8-42-45(41,32-10-14-4-6-15(7-5-14)26(27,28)29)43-11-16-18(37)25(3,40)21(44-16)35-13-31-17-19(35)33-23(30)34-20(17)38/h4-7,13,16,18,21,36-37,40H,8-12H2,1-3H3,(H,32,41)(H3,30,33,34,38)/t16-,18?,21-,25-,45?/m1/s1. The second-order valence-electron chi connectivity index (χ2n) is 11.3. The van der Waals surface area contributed by atoms with Crippen molar-refractivity contribution in [1.82, 2.24) is 24.6 Å². The molecule has 7 N–H and O–H groups in total. The number of hydrogen-bond donors (Lipinski definition) is 6. The molecule has 1 fully saturated rings. The summed E-state index contributed by atoms with van der Waals surface area (Å²) in [5.41, 5.74) is 1.27. The van der Waals surface area contributed by atoms with Crippen LogP contribution in [0.3, 0.4) is 0 Å². The molecule has 2 aromatic heterocycles. The van der Waals surface area contributed by atoms with E-state index in [1.807, 2.05) is 0 Å². The van der Waals surface area contributed by atoms with Gasteiger partial charge < -0.3 is 25.8 Å². The lowest BCUT2D eigenvalue weighted by Gasteiger charge is -2.27. The number of fused-ring (bicyclic) bond motifs is 1. The molecule has 0 saturated carbocycles. The first-order valence-electron chi connectivity index (χ1n) is 13.7. The second kappa shape index (κ2) is 13.7. The van der Waals surface area contributed by atoms with Gasteiger partial charge in [-0.3, -0.25) is 28.2 Å². The zero-order valence-electron chi connectivity index (χ0n) is 24.9. The van der Waals surface area contributed by atoms with Crippen LogP contribution < -0.4 is 16.4 Å². The van der Waals surface area contributed by atoms with Gasteiger partial charge in [0, 0.05) is 12.3 Å². The minimum atomic E-state index is -4.55. The van der Waals surface area contributed by atoms with Crippen LogP contribution in [0.2, 0.25) is 0 Å². The number of imidazole rings is 1. The van der Waals surface area contributed by atoms with Gasteiger partial charge in [0.1, 0.15) is 17.8 Å². The summed E-state index contributed by atoms with van der Waals surface area (Å²) >= 11 is 0.831. The first kappa shape index (κ1) is 36.0. The molecule has 1 aliphatic rings. The molecule has 1 saturated heterocycles. The number of ether oxygens (including phenoxy) is 1. The minimum Gasteiger partial charge on any atom is -0.395 e. The van der Waals surface area contributed by atoms with E-state index in [0.717, 1.165) is 30.2 Å². The third-order valence-corrected chi connectivity index (χ3v) is 9.89. The number of anilines is 1. The highest BCUT2D eigenvalue weighted by Gasteiger charge is 2.54. The van der Waals surface area contributed by atoms with Crippen LogP contribution in [0, 0.1) is 5.41 Å². The Hall–Kier alpha value is -2.87. The molecule has 0 radical (unpaired) electrons. The molecule has 0 amide bonds. The molecule has 15 nitrogen and oxygen atoms in total. The molecule has 3 aromatic rings. The Bertz CT molecular complexity index is 1650. The number of nitrogen functional groups attached to an aromatic ring is 1. The second-order valence-corrected chi connectivity index (χ2v) is 14.2. The van der Waals surface area contributed by atoms with Crippen LogP contribution in [-0.2, 0) is 35.9 Å². The monoisotopic (exact) mass is 694 g/mol. The predicted octanol–water partition coefficient (Wildman–Crippen LogP) is 1.94. The number of carbonyl (C=O) groups excluding carboxylic acids is 1. The smallest absolute Gasteiger partial charge is 0.395 e. The number of hydrogen-bond acceptors (Lipinski definition) is 13. The fourth-order valence-electron chi connectivity index (χ4n) is 4.34. The summed E-state index contributed by atoms with van der Waals surface area (Å²) in [6.45, 7) is 2.81. The predicted molar refractivity (Wildman–Crippen MR) is 159 cm³/mol. The van der Waals surface area contributed by atoms with E-state index < -0.39 is 61.1 Å². The Kier molecular flexibility index (Phi) is 10.7. The summed E-state index contributed by atoms with van der Waals surface area (Å²) in [7, 11) is -4.30. The van der Waals surface area contributed by atoms with Crippen molar-refractivity contribution in [2.75, 3.05) is 31.3 Å². The van der Waals surface area contributed by atoms with Crippen LogP contribution in [-0.4, -0.2) is 83.3 Å². The van der Waals surface area contributed by atoms with E-state index in [-0.39, 0.29) is 47.7 Å². The molecule has 4 rings (SSSR count). The summed E-state index contributed by atoms with van der Waals surface area (Å²) in [6, 6.07) is 4.07. The van der Waals surface area contributed by atoms with E-state index in [2.05, 4.69) is 20.0 Å². The highest BCUT2D eigenvalue weighted by atomic mass is 32.2. The maximum Gasteiger partial charge on any atom is 0.416 e. The number of nitrogens with zero attached hydrogens (tertiary/aromatic N) is 3. The molecule has 46 heavy (non-hydrogen) atoms. The van der Waals surface area contributed by atoms with Crippen molar-refractivity contribution in [2.24, 2.45) is 5.41 Å². The van der Waals surface area contributed by atoms with E-state index in [0.29, 0.717) is 5.56 Å². The van der Waals surface area contributed by atoms with Crippen LogP contribution in [0.15, 0.2) is 35.4 Å². The Labute approximate surface area is 264 Å². The SMILES string of the molecule is CC(C)(CO)C(=O)SCCOP(=O)(NCc1ccc(C(F)(F)F)cc1)OC[C@H]1O[C@@H](n2cnc3c(=O)[nH]c(N)nc32)[C@](C)(O)C1O. The average Bonchev–Trinajstić information content (AvgIpc) is 3.50. The third-order valence-electron chi connectivity index (χ3n) is 7.15. The van der Waals surface area contributed by atoms with Crippen molar-refractivity contribution in [3.8, 4) is 0 Å². The van der Waals surface area contributed by atoms with Crippen molar-refractivity contribution in [2.45, 2.75) is 57.5 Å². The van der Waals surface area contributed by atoms with Crippen LogP contribution in [0.1, 0.15) is 38.1 Å². The van der Waals surface area contributed by atoms with Gasteiger partial charge in [-0.25, -0.2) is 14.6 Å². The molecule has 3 heterocycles. The molecule has 20 heteroatoms. The molecule has 1 aliphatic heterocycles. The highest BCUT2D eigenvalue weighted by molar-refractivity contribution is 8.13. The van der Waals surface area contributed by atoms with Gasteiger partial charge in [0.25, 0.3) is 5.56 Å². The average molecular weight is 695 g/mol. The molecular formula is C26H34F3N6O9PS. The first-order valence-corrected chi connectivity index (χ1v) is 16.3. The van der Waals surface area contributed by atoms with Crippen molar-refractivity contribution in [3.05, 3.63) is 52.1 Å². The van der Waals surface area contributed by atoms with E-state index in [1.54, 1.807) is 13.8 Å². The molecule has 5 atom stereocenters. The quantitative estimate of drug-likeness (QED) is 0.111. The number of alkyl halides is 3. The zero-order chi connectivity index (χ0) is 34.1. The van der Waals surface area contributed by atoms with Gasteiger partial charge in [0.05, 0.1) is 37.1 Å².